The van der Waals surface area contributed by atoms with Crippen LogP contribution in [-0.4, -0.2) is 32.4 Å². The van der Waals surface area contributed by atoms with E-state index in [2.05, 4.69) is 49.0 Å². The van der Waals surface area contributed by atoms with Crippen LogP contribution in [0.5, 0.6) is 23.0 Å². The molecule has 36 heavy (non-hydrogen) atoms. The highest BCUT2D eigenvalue weighted by molar-refractivity contribution is 9.10. The monoisotopic (exact) mass is 616 g/mol. The molecule has 0 saturated heterocycles. The van der Waals surface area contributed by atoms with Crippen LogP contribution in [0.25, 0.3) is 0 Å². The molecule has 0 aliphatic heterocycles. The molecule has 0 heterocycles. The third kappa shape index (κ3) is 7.60. The Balaban J connectivity index is 1.68. The SMILES string of the molecule is C=CCOc1ccc(C(=O)N/N=C/c2cc(Br)c(OCc3ccc(Br)cc3)c(OC)c2)cc1OCC. The van der Waals surface area contributed by atoms with E-state index < -0.39 is 0 Å². The molecule has 3 aromatic rings. The minimum atomic E-state index is -0.386. The van der Waals surface area contributed by atoms with Crippen LogP contribution in [0, 0.1) is 0 Å². The van der Waals surface area contributed by atoms with Crippen LogP contribution in [0.2, 0.25) is 0 Å². The molecule has 0 atom stereocenters. The highest BCUT2D eigenvalue weighted by atomic mass is 79.9. The molecule has 0 aliphatic rings. The Morgan fingerprint density at radius 1 is 1.00 bits per heavy atom. The lowest BCUT2D eigenvalue weighted by Gasteiger charge is -2.13. The number of carbonyl (C=O) groups excluding carboxylic acids is 1. The summed E-state index contributed by atoms with van der Waals surface area (Å²) in [6.07, 6.45) is 3.16. The molecule has 0 fully saturated rings. The normalized spacial score (nSPS) is 10.7. The Hall–Kier alpha value is -3.30. The standard InChI is InChI=1S/C27H26Br2N2O5/c1-4-12-35-23-11-8-20(15-24(23)34-5-2)27(32)31-30-16-19-13-22(29)26(25(14-19)33-3)36-17-18-6-9-21(28)10-7-18/h4,6-11,13-16H,1,5,12,17H2,2-3H3,(H,31,32)/b30-16+. The van der Waals surface area contributed by atoms with Gasteiger partial charge in [-0.15, -0.1) is 0 Å². The van der Waals surface area contributed by atoms with E-state index >= 15 is 0 Å². The van der Waals surface area contributed by atoms with Crippen molar-refractivity contribution in [3.05, 3.63) is 92.9 Å². The van der Waals surface area contributed by atoms with Gasteiger partial charge in [0.2, 0.25) is 0 Å². The van der Waals surface area contributed by atoms with Crippen LogP contribution in [0.1, 0.15) is 28.4 Å². The van der Waals surface area contributed by atoms with Crippen LogP contribution in [0.15, 0.2) is 81.3 Å². The molecule has 0 radical (unpaired) electrons. The molecule has 0 unspecified atom stereocenters. The fourth-order valence-corrected chi connectivity index (χ4v) is 3.94. The van der Waals surface area contributed by atoms with Crippen LogP contribution < -0.4 is 24.4 Å². The van der Waals surface area contributed by atoms with E-state index in [0.717, 1.165) is 10.0 Å². The predicted molar refractivity (Wildman–Crippen MR) is 148 cm³/mol. The lowest BCUT2D eigenvalue weighted by Crippen LogP contribution is -2.17. The summed E-state index contributed by atoms with van der Waals surface area (Å²) in [5.74, 6) is 1.73. The smallest absolute Gasteiger partial charge is 0.271 e. The van der Waals surface area contributed by atoms with E-state index in [9.17, 15) is 4.79 Å². The van der Waals surface area contributed by atoms with Crippen LogP contribution >= 0.6 is 31.9 Å². The van der Waals surface area contributed by atoms with Crippen molar-refractivity contribution in [1.82, 2.24) is 5.43 Å². The fourth-order valence-electron chi connectivity index (χ4n) is 3.11. The van der Waals surface area contributed by atoms with Crippen molar-refractivity contribution in [2.24, 2.45) is 5.10 Å². The molecule has 0 aromatic heterocycles. The maximum atomic E-state index is 12.6. The fraction of sp³-hybridized carbons (Fsp3) is 0.185. The number of methoxy groups -OCH3 is 1. The maximum absolute atomic E-state index is 12.6. The van der Waals surface area contributed by atoms with E-state index in [-0.39, 0.29) is 5.91 Å². The molecule has 3 aromatic carbocycles. The second-order valence-electron chi connectivity index (χ2n) is 7.34. The van der Waals surface area contributed by atoms with Crippen molar-refractivity contribution in [2.45, 2.75) is 13.5 Å². The van der Waals surface area contributed by atoms with Gasteiger partial charge < -0.3 is 18.9 Å². The lowest BCUT2D eigenvalue weighted by molar-refractivity contribution is 0.0954. The van der Waals surface area contributed by atoms with E-state index in [1.54, 1.807) is 37.5 Å². The molecule has 188 valence electrons. The Morgan fingerprint density at radius 3 is 2.47 bits per heavy atom. The topological polar surface area (TPSA) is 78.4 Å². The van der Waals surface area contributed by atoms with E-state index in [4.69, 9.17) is 18.9 Å². The van der Waals surface area contributed by atoms with Gasteiger partial charge in [-0.05, 0) is 76.4 Å². The molecule has 9 heteroatoms. The molecular weight excluding hydrogens is 592 g/mol. The first-order chi connectivity index (χ1) is 17.4. The van der Waals surface area contributed by atoms with Gasteiger partial charge in [0, 0.05) is 10.0 Å². The Bertz CT molecular complexity index is 1230. The Morgan fingerprint density at radius 2 is 1.78 bits per heavy atom. The summed E-state index contributed by atoms with van der Waals surface area (Å²) in [4.78, 5) is 12.6. The lowest BCUT2D eigenvalue weighted by atomic mass is 10.2. The number of ether oxygens (including phenoxy) is 4. The highest BCUT2D eigenvalue weighted by Gasteiger charge is 2.13. The number of hydrazone groups is 1. The molecule has 1 N–H and O–H groups in total. The van der Waals surface area contributed by atoms with Crippen molar-refractivity contribution in [3.8, 4) is 23.0 Å². The summed E-state index contributed by atoms with van der Waals surface area (Å²) in [6.45, 7) is 6.65. The number of nitrogens with one attached hydrogen (secondary N) is 1. The van der Waals surface area contributed by atoms with E-state index in [1.807, 2.05) is 37.3 Å². The molecule has 0 bridgehead atoms. The Kier molecular flexibility index (Phi) is 10.4. The molecule has 0 saturated carbocycles. The number of carbonyl (C=O) groups is 1. The number of nitrogens with zero attached hydrogens (tertiary/aromatic N) is 1. The van der Waals surface area contributed by atoms with Crippen molar-refractivity contribution in [3.63, 3.8) is 0 Å². The summed E-state index contributed by atoms with van der Waals surface area (Å²) in [6, 6.07) is 16.4. The highest BCUT2D eigenvalue weighted by Crippen LogP contribution is 2.37. The minimum Gasteiger partial charge on any atom is -0.493 e. The number of hydrogen-bond donors (Lipinski definition) is 1. The van der Waals surface area contributed by atoms with Gasteiger partial charge in [-0.1, -0.05) is 40.7 Å². The summed E-state index contributed by atoms with van der Waals surface area (Å²) >= 11 is 6.96. The van der Waals surface area contributed by atoms with E-state index in [1.165, 1.54) is 6.21 Å². The third-order valence-electron chi connectivity index (χ3n) is 4.79. The summed E-state index contributed by atoms with van der Waals surface area (Å²) in [7, 11) is 1.56. The third-order valence-corrected chi connectivity index (χ3v) is 5.91. The summed E-state index contributed by atoms with van der Waals surface area (Å²) in [5.41, 5.74) is 4.64. The van der Waals surface area contributed by atoms with Crippen LogP contribution in [0.4, 0.5) is 0 Å². The predicted octanol–water partition coefficient (Wildman–Crippen LogP) is 6.53. The Labute approximate surface area is 227 Å². The van der Waals surface area contributed by atoms with Gasteiger partial charge in [-0.2, -0.15) is 5.10 Å². The van der Waals surface area contributed by atoms with Gasteiger partial charge in [0.05, 0.1) is 24.4 Å². The van der Waals surface area contributed by atoms with Gasteiger partial charge in [0.15, 0.2) is 23.0 Å². The summed E-state index contributed by atoms with van der Waals surface area (Å²) < 4.78 is 24.3. The molecule has 0 aliphatic carbocycles. The number of hydrogen-bond acceptors (Lipinski definition) is 6. The molecule has 7 nitrogen and oxygen atoms in total. The van der Waals surface area contributed by atoms with Gasteiger partial charge in [0.25, 0.3) is 5.91 Å². The summed E-state index contributed by atoms with van der Waals surface area (Å²) in [5, 5.41) is 4.08. The second-order valence-corrected chi connectivity index (χ2v) is 9.11. The first kappa shape index (κ1) is 27.3. The van der Waals surface area contributed by atoms with Crippen molar-refractivity contribution in [1.29, 1.82) is 0 Å². The first-order valence-electron chi connectivity index (χ1n) is 11.0. The largest absolute Gasteiger partial charge is 0.493 e. The number of rotatable bonds is 12. The van der Waals surface area contributed by atoms with Crippen LogP contribution in [0.3, 0.4) is 0 Å². The average Bonchev–Trinajstić information content (AvgIpc) is 2.88. The number of benzene rings is 3. The van der Waals surface area contributed by atoms with Crippen molar-refractivity contribution < 1.29 is 23.7 Å². The zero-order valence-electron chi connectivity index (χ0n) is 19.9. The molecule has 1 amide bonds. The second kappa shape index (κ2) is 13.7. The van der Waals surface area contributed by atoms with Crippen molar-refractivity contribution >= 4 is 44.0 Å². The minimum absolute atomic E-state index is 0.336. The van der Waals surface area contributed by atoms with Gasteiger partial charge >= 0.3 is 0 Å². The first-order valence-corrected chi connectivity index (χ1v) is 12.6. The quantitative estimate of drug-likeness (QED) is 0.142. The van der Waals surface area contributed by atoms with Gasteiger partial charge in [-0.25, -0.2) is 5.43 Å². The maximum Gasteiger partial charge on any atom is 0.271 e. The number of halogens is 2. The molecule has 0 spiro atoms. The van der Waals surface area contributed by atoms with E-state index in [0.29, 0.717) is 58.4 Å². The van der Waals surface area contributed by atoms with Gasteiger partial charge in [-0.3, -0.25) is 4.79 Å². The molecule has 3 rings (SSSR count). The van der Waals surface area contributed by atoms with Crippen LogP contribution in [-0.2, 0) is 6.61 Å². The molecular formula is C27H26Br2N2O5. The zero-order valence-corrected chi connectivity index (χ0v) is 23.1. The van der Waals surface area contributed by atoms with Gasteiger partial charge in [0.1, 0.15) is 13.2 Å². The average molecular weight is 618 g/mol. The zero-order chi connectivity index (χ0) is 25.9. The number of amides is 1. The van der Waals surface area contributed by atoms with Crippen molar-refractivity contribution in [2.75, 3.05) is 20.3 Å².